The van der Waals surface area contributed by atoms with Gasteiger partial charge in [-0.2, -0.15) is 0 Å². The molecular formula is C24H29Br2N3O3. The van der Waals surface area contributed by atoms with Crippen LogP contribution in [0, 0.1) is 5.41 Å². The highest BCUT2D eigenvalue weighted by molar-refractivity contribution is 9.12. The molecule has 0 aromatic heterocycles. The molecule has 172 valence electrons. The molecule has 0 radical (unpaired) electrons. The van der Waals surface area contributed by atoms with Crippen molar-refractivity contribution in [3.05, 3.63) is 62.9 Å². The number of allylic oxidation sites excluding steroid dienone is 4. The predicted molar refractivity (Wildman–Crippen MR) is 135 cm³/mol. The first kappa shape index (κ1) is 24.7. The maximum atomic E-state index is 11.4. The Balaban J connectivity index is 1.84. The van der Waals surface area contributed by atoms with Crippen LogP contribution in [0.5, 0.6) is 5.75 Å². The van der Waals surface area contributed by atoms with E-state index in [4.69, 9.17) is 9.73 Å². The highest BCUT2D eigenvalue weighted by atomic mass is 79.9. The summed E-state index contributed by atoms with van der Waals surface area (Å²) >= 11 is 7.07. The lowest BCUT2D eigenvalue weighted by atomic mass is 9.89. The molecule has 0 unspecified atom stereocenters. The van der Waals surface area contributed by atoms with Crippen LogP contribution in [-0.2, 0) is 4.79 Å². The minimum atomic E-state index is -0.750. The number of fused-ring (bicyclic) bond motifs is 1. The number of carboxylic acids is 1. The minimum absolute atomic E-state index is 0.624. The first-order valence-electron chi connectivity index (χ1n) is 10.6. The Hall–Kier alpha value is -1.90. The number of hydrogen-bond donors (Lipinski definition) is 1. The number of carbonyl (C=O) groups is 1. The lowest BCUT2D eigenvalue weighted by molar-refractivity contribution is -0.147. The second-order valence-corrected chi connectivity index (χ2v) is 10.5. The number of piperazine rings is 1. The summed E-state index contributed by atoms with van der Waals surface area (Å²) in [7, 11) is 0. The molecule has 2 aliphatic heterocycles. The quantitative estimate of drug-likeness (QED) is 0.467. The first-order chi connectivity index (χ1) is 15.1. The zero-order valence-corrected chi connectivity index (χ0v) is 21.9. The molecule has 1 fully saturated rings. The zero-order chi connectivity index (χ0) is 23.5. The van der Waals surface area contributed by atoms with Crippen molar-refractivity contribution in [1.29, 1.82) is 0 Å². The number of benzene rings is 1. The molecule has 0 atom stereocenters. The lowest BCUT2D eigenvalue weighted by Gasteiger charge is -2.37. The van der Waals surface area contributed by atoms with Crippen molar-refractivity contribution >= 4 is 43.7 Å². The molecule has 0 spiro atoms. The summed E-state index contributed by atoms with van der Waals surface area (Å²) in [6, 6.07) is 5.96. The van der Waals surface area contributed by atoms with Gasteiger partial charge < -0.3 is 14.7 Å². The van der Waals surface area contributed by atoms with E-state index in [1.807, 2.05) is 31.2 Å². The molecule has 0 bridgehead atoms. The summed E-state index contributed by atoms with van der Waals surface area (Å²) in [4.78, 5) is 21.0. The van der Waals surface area contributed by atoms with E-state index in [2.05, 4.69) is 48.2 Å². The van der Waals surface area contributed by atoms with Gasteiger partial charge in [0.2, 0.25) is 0 Å². The number of ether oxygens (including phenoxy) is 1. The van der Waals surface area contributed by atoms with Crippen LogP contribution in [0.15, 0.2) is 62.3 Å². The van der Waals surface area contributed by atoms with Crippen molar-refractivity contribution in [3.8, 4) is 5.75 Å². The van der Waals surface area contributed by atoms with Crippen LogP contribution in [-0.4, -0.2) is 59.4 Å². The lowest BCUT2D eigenvalue weighted by Crippen LogP contribution is -2.49. The highest BCUT2D eigenvalue weighted by Crippen LogP contribution is 2.32. The van der Waals surface area contributed by atoms with Crippen molar-refractivity contribution in [2.45, 2.75) is 27.2 Å². The van der Waals surface area contributed by atoms with Gasteiger partial charge in [-0.05, 0) is 58.0 Å². The Morgan fingerprint density at radius 3 is 2.62 bits per heavy atom. The van der Waals surface area contributed by atoms with E-state index in [1.165, 1.54) is 0 Å². The topological polar surface area (TPSA) is 65.4 Å². The van der Waals surface area contributed by atoms with Gasteiger partial charge in [0.05, 0.1) is 11.0 Å². The van der Waals surface area contributed by atoms with E-state index in [0.717, 1.165) is 70.3 Å². The monoisotopic (exact) mass is 565 g/mol. The Morgan fingerprint density at radius 2 is 2.00 bits per heavy atom. The molecule has 1 aromatic carbocycles. The van der Waals surface area contributed by atoms with Crippen LogP contribution in [0.3, 0.4) is 0 Å². The number of aliphatic imine (C=N–C) groups is 1. The number of halogens is 2. The molecule has 1 N–H and O–H groups in total. The smallest absolute Gasteiger partial charge is 0.309 e. The maximum Gasteiger partial charge on any atom is 0.309 e. The summed E-state index contributed by atoms with van der Waals surface area (Å²) in [6.45, 7) is 13.4. The molecule has 3 rings (SSSR count). The number of aliphatic carboxylic acids is 1. The van der Waals surface area contributed by atoms with Gasteiger partial charge in [0.15, 0.2) is 0 Å². The van der Waals surface area contributed by atoms with E-state index in [-0.39, 0.29) is 0 Å². The van der Waals surface area contributed by atoms with Gasteiger partial charge in [0, 0.05) is 35.1 Å². The van der Waals surface area contributed by atoms with Crippen molar-refractivity contribution in [2.75, 3.05) is 32.7 Å². The van der Waals surface area contributed by atoms with E-state index in [1.54, 1.807) is 19.9 Å². The second kappa shape index (κ2) is 10.4. The summed E-state index contributed by atoms with van der Waals surface area (Å²) in [5, 5.41) is 9.37. The molecule has 6 nitrogen and oxygen atoms in total. The van der Waals surface area contributed by atoms with Crippen LogP contribution in [0.2, 0.25) is 0 Å². The van der Waals surface area contributed by atoms with Gasteiger partial charge in [-0.15, -0.1) is 0 Å². The van der Waals surface area contributed by atoms with Crippen LogP contribution in [0.4, 0.5) is 0 Å². The number of hydrogen-bond acceptors (Lipinski definition) is 5. The van der Waals surface area contributed by atoms with Gasteiger partial charge in [0.25, 0.3) is 0 Å². The number of rotatable bonds is 6. The molecule has 1 aromatic rings. The van der Waals surface area contributed by atoms with E-state index >= 15 is 0 Å². The maximum absolute atomic E-state index is 11.4. The molecule has 2 heterocycles. The molecular weight excluding hydrogens is 538 g/mol. The van der Waals surface area contributed by atoms with Crippen molar-refractivity contribution in [2.24, 2.45) is 10.4 Å². The van der Waals surface area contributed by atoms with Gasteiger partial charge in [-0.3, -0.25) is 9.69 Å². The summed E-state index contributed by atoms with van der Waals surface area (Å²) in [5.74, 6) is 1.61. The fraction of sp³-hybridized carbons (Fsp3) is 0.417. The highest BCUT2D eigenvalue weighted by Gasteiger charge is 2.30. The predicted octanol–water partition coefficient (Wildman–Crippen LogP) is 5.40. The van der Waals surface area contributed by atoms with Crippen molar-refractivity contribution in [1.82, 2.24) is 9.80 Å². The summed E-state index contributed by atoms with van der Waals surface area (Å²) in [6.07, 6.45) is 4.26. The third-order valence-electron chi connectivity index (χ3n) is 5.81. The van der Waals surface area contributed by atoms with Crippen molar-refractivity contribution < 1.29 is 14.6 Å². The summed E-state index contributed by atoms with van der Waals surface area (Å²) in [5.41, 5.74) is 0.967. The minimum Gasteiger partial charge on any atom is -0.481 e. The molecule has 2 aliphatic rings. The fourth-order valence-electron chi connectivity index (χ4n) is 3.53. The van der Waals surface area contributed by atoms with Crippen LogP contribution >= 0.6 is 31.9 Å². The SMILES string of the molecule is C=C/C(Br)=C\C1=C(C)Oc2ccc(Br)cc2C(N2CCN(CCC(C)(C)C(=O)O)CC2)=N1. The Bertz CT molecular complexity index is 990. The largest absolute Gasteiger partial charge is 0.481 e. The zero-order valence-electron chi connectivity index (χ0n) is 18.7. The standard InChI is InChI=1S/C24H29Br2N3O3/c1-5-17(25)15-20-16(2)32-21-7-6-18(26)14-19(21)22(27-20)29-12-10-28(11-13-29)9-8-24(3,4)23(30)31/h5-7,14-15H,1,8-13H2,2-4H3,(H,30,31)/b17-15+. The third-order valence-corrected chi connectivity index (χ3v) is 6.85. The third kappa shape index (κ3) is 5.91. The Kier molecular flexibility index (Phi) is 8.01. The molecule has 1 saturated heterocycles. The van der Waals surface area contributed by atoms with E-state index in [0.29, 0.717) is 6.42 Å². The van der Waals surface area contributed by atoms with Crippen molar-refractivity contribution in [3.63, 3.8) is 0 Å². The van der Waals surface area contributed by atoms with E-state index in [9.17, 15) is 9.90 Å². The number of amidine groups is 1. The van der Waals surface area contributed by atoms with Gasteiger partial charge in [0.1, 0.15) is 23.0 Å². The summed E-state index contributed by atoms with van der Waals surface area (Å²) < 4.78 is 7.96. The molecule has 0 amide bonds. The average Bonchev–Trinajstić information content (AvgIpc) is 2.89. The molecule has 0 aliphatic carbocycles. The van der Waals surface area contributed by atoms with Crippen LogP contribution < -0.4 is 4.74 Å². The second-order valence-electron chi connectivity index (χ2n) is 8.62. The van der Waals surface area contributed by atoms with Gasteiger partial charge in [-0.1, -0.05) is 44.5 Å². The van der Waals surface area contributed by atoms with Gasteiger partial charge >= 0.3 is 5.97 Å². The van der Waals surface area contributed by atoms with Gasteiger partial charge in [-0.25, -0.2) is 4.99 Å². The Labute approximate surface area is 206 Å². The van der Waals surface area contributed by atoms with Crippen LogP contribution in [0.25, 0.3) is 0 Å². The molecule has 32 heavy (non-hydrogen) atoms. The normalized spacial score (nSPS) is 18.0. The number of carboxylic acid groups (broad SMARTS) is 1. The van der Waals surface area contributed by atoms with Crippen LogP contribution in [0.1, 0.15) is 32.8 Å². The molecule has 0 saturated carbocycles. The fourth-order valence-corrected chi connectivity index (χ4v) is 4.11. The molecule has 8 heteroatoms. The van der Waals surface area contributed by atoms with E-state index < -0.39 is 11.4 Å². The average molecular weight is 567 g/mol. The Morgan fingerprint density at radius 1 is 1.31 bits per heavy atom. The number of nitrogens with zero attached hydrogens (tertiary/aromatic N) is 3. The first-order valence-corrected chi connectivity index (χ1v) is 12.2.